The summed E-state index contributed by atoms with van der Waals surface area (Å²) in [7, 11) is 1.74. The summed E-state index contributed by atoms with van der Waals surface area (Å²) >= 11 is 5.25. The predicted octanol–water partition coefficient (Wildman–Crippen LogP) is 3.10. The molecule has 1 N–H and O–H groups in total. The molecular formula is C11H20N2OS. The number of nitrogens with zero attached hydrogens (tertiary/aromatic N) is 1. The van der Waals surface area contributed by atoms with E-state index in [-0.39, 0.29) is 0 Å². The summed E-state index contributed by atoms with van der Waals surface area (Å²) in [5, 5.41) is 0. The van der Waals surface area contributed by atoms with Crippen LogP contribution in [0.4, 0.5) is 0 Å². The Morgan fingerprint density at radius 2 is 2.20 bits per heavy atom. The second kappa shape index (κ2) is 6.08. The fraction of sp³-hybridized carbons (Fsp3) is 0.727. The molecule has 0 spiro atoms. The van der Waals surface area contributed by atoms with Crippen LogP contribution in [0, 0.1) is 4.77 Å². The summed E-state index contributed by atoms with van der Waals surface area (Å²) in [5.41, 5.74) is 1.29. The summed E-state index contributed by atoms with van der Waals surface area (Å²) in [6.07, 6.45) is 4.21. The number of rotatable bonds is 6. The van der Waals surface area contributed by atoms with E-state index in [4.69, 9.17) is 17.0 Å². The number of hydrogen-bond acceptors (Lipinski definition) is 2. The summed E-state index contributed by atoms with van der Waals surface area (Å²) in [5.74, 6) is 0.514. The lowest BCUT2D eigenvalue weighted by Gasteiger charge is -2.10. The fourth-order valence-electron chi connectivity index (χ4n) is 1.63. The molecule has 0 aromatic carbocycles. The van der Waals surface area contributed by atoms with Crippen molar-refractivity contribution in [2.75, 3.05) is 13.7 Å². The van der Waals surface area contributed by atoms with Crippen molar-refractivity contribution < 1.29 is 4.74 Å². The molecule has 0 fully saturated rings. The highest BCUT2D eigenvalue weighted by atomic mass is 32.1. The van der Waals surface area contributed by atoms with Gasteiger partial charge in [-0.2, -0.15) is 0 Å². The van der Waals surface area contributed by atoms with Crippen molar-refractivity contribution in [3.63, 3.8) is 0 Å². The third-order valence-corrected chi connectivity index (χ3v) is 2.81. The first-order valence-corrected chi connectivity index (χ1v) is 5.84. The number of aromatic nitrogens is 2. The minimum absolute atomic E-state index is 0.514. The third kappa shape index (κ3) is 3.47. The molecule has 0 aliphatic rings. The molecule has 0 radical (unpaired) electrons. The van der Waals surface area contributed by atoms with Crippen molar-refractivity contribution in [3.8, 4) is 0 Å². The van der Waals surface area contributed by atoms with E-state index in [1.54, 1.807) is 7.11 Å². The Balaban J connectivity index is 2.59. The highest BCUT2D eigenvalue weighted by Crippen LogP contribution is 2.15. The monoisotopic (exact) mass is 228 g/mol. The van der Waals surface area contributed by atoms with Gasteiger partial charge in [0.05, 0.1) is 0 Å². The number of imidazole rings is 1. The first kappa shape index (κ1) is 12.5. The molecule has 3 nitrogen and oxygen atoms in total. The van der Waals surface area contributed by atoms with Gasteiger partial charge in [0.15, 0.2) is 4.77 Å². The van der Waals surface area contributed by atoms with Crippen LogP contribution in [0.15, 0.2) is 6.20 Å². The van der Waals surface area contributed by atoms with Gasteiger partial charge < -0.3 is 14.3 Å². The number of nitrogens with one attached hydrogen (secondary N) is 1. The molecule has 86 valence electrons. The van der Waals surface area contributed by atoms with Crippen molar-refractivity contribution in [1.29, 1.82) is 0 Å². The van der Waals surface area contributed by atoms with E-state index >= 15 is 0 Å². The molecule has 1 rings (SSSR count). The lowest BCUT2D eigenvalue weighted by molar-refractivity contribution is 0.191. The Bertz CT molecular complexity index is 341. The van der Waals surface area contributed by atoms with E-state index in [0.29, 0.717) is 5.92 Å². The zero-order valence-electron chi connectivity index (χ0n) is 9.75. The van der Waals surface area contributed by atoms with Crippen LogP contribution in [0.3, 0.4) is 0 Å². The van der Waals surface area contributed by atoms with Crippen LogP contribution in [0.1, 0.15) is 38.3 Å². The molecular weight excluding hydrogens is 208 g/mol. The Hall–Kier alpha value is -0.610. The maximum atomic E-state index is 5.25. The first-order chi connectivity index (χ1) is 7.16. The van der Waals surface area contributed by atoms with Crippen molar-refractivity contribution in [2.24, 2.45) is 0 Å². The standard InChI is InChI=1S/C11H20N2OS/c1-9(2)10-8-12-11(15)13(10)6-4-5-7-14-3/h8-9H,4-7H2,1-3H3,(H,12,15). The van der Waals surface area contributed by atoms with Crippen molar-refractivity contribution in [2.45, 2.75) is 39.2 Å². The summed E-state index contributed by atoms with van der Waals surface area (Å²) in [6, 6.07) is 0. The highest BCUT2D eigenvalue weighted by Gasteiger charge is 2.06. The second-order valence-electron chi connectivity index (χ2n) is 4.02. The second-order valence-corrected chi connectivity index (χ2v) is 4.41. The first-order valence-electron chi connectivity index (χ1n) is 5.44. The minimum Gasteiger partial charge on any atom is -0.385 e. The van der Waals surface area contributed by atoms with E-state index in [0.717, 1.165) is 30.8 Å². The lowest BCUT2D eigenvalue weighted by Crippen LogP contribution is -2.05. The van der Waals surface area contributed by atoms with Gasteiger partial charge in [0.25, 0.3) is 0 Å². The molecule has 0 bridgehead atoms. The normalized spacial score (nSPS) is 11.2. The Labute approximate surface area is 96.5 Å². The van der Waals surface area contributed by atoms with Crippen molar-refractivity contribution in [3.05, 3.63) is 16.7 Å². The maximum absolute atomic E-state index is 5.25. The van der Waals surface area contributed by atoms with Gasteiger partial charge in [-0.05, 0) is 31.0 Å². The van der Waals surface area contributed by atoms with Gasteiger partial charge in [0.2, 0.25) is 0 Å². The van der Waals surface area contributed by atoms with Gasteiger partial charge >= 0.3 is 0 Å². The van der Waals surface area contributed by atoms with Crippen LogP contribution in [-0.4, -0.2) is 23.3 Å². The average molecular weight is 228 g/mol. The van der Waals surface area contributed by atoms with Crippen molar-refractivity contribution >= 4 is 12.2 Å². The summed E-state index contributed by atoms with van der Waals surface area (Å²) in [4.78, 5) is 3.11. The SMILES string of the molecule is COCCCCn1c(C(C)C)c[nH]c1=S. The van der Waals surface area contributed by atoms with Gasteiger partial charge in [0.1, 0.15) is 0 Å². The van der Waals surface area contributed by atoms with Gasteiger partial charge in [-0.15, -0.1) is 0 Å². The number of hydrogen-bond donors (Lipinski definition) is 1. The minimum atomic E-state index is 0.514. The highest BCUT2D eigenvalue weighted by molar-refractivity contribution is 7.71. The molecule has 1 aromatic rings. The van der Waals surface area contributed by atoms with E-state index < -0.39 is 0 Å². The predicted molar refractivity (Wildman–Crippen MR) is 64.8 cm³/mol. The number of unbranched alkanes of at least 4 members (excludes halogenated alkanes) is 1. The van der Waals surface area contributed by atoms with E-state index in [2.05, 4.69) is 23.4 Å². The Kier molecular flexibility index (Phi) is 5.05. The van der Waals surface area contributed by atoms with Gasteiger partial charge in [-0.25, -0.2) is 0 Å². The number of H-pyrrole nitrogens is 1. The quantitative estimate of drug-likeness (QED) is 0.599. The molecule has 4 heteroatoms. The smallest absolute Gasteiger partial charge is 0.177 e. The molecule has 0 amide bonds. The van der Waals surface area contributed by atoms with E-state index in [9.17, 15) is 0 Å². The third-order valence-electron chi connectivity index (χ3n) is 2.47. The number of aromatic amines is 1. The lowest BCUT2D eigenvalue weighted by atomic mass is 10.1. The molecule has 15 heavy (non-hydrogen) atoms. The zero-order chi connectivity index (χ0) is 11.3. The van der Waals surface area contributed by atoms with Crippen LogP contribution >= 0.6 is 12.2 Å². The number of ether oxygens (including phenoxy) is 1. The molecule has 0 saturated heterocycles. The molecule has 0 unspecified atom stereocenters. The molecule has 0 saturated carbocycles. The van der Waals surface area contributed by atoms with Crippen LogP contribution in [0.25, 0.3) is 0 Å². The zero-order valence-corrected chi connectivity index (χ0v) is 10.6. The van der Waals surface area contributed by atoms with Crippen LogP contribution in [0.5, 0.6) is 0 Å². The topological polar surface area (TPSA) is 29.9 Å². The Morgan fingerprint density at radius 1 is 1.47 bits per heavy atom. The van der Waals surface area contributed by atoms with Crippen molar-refractivity contribution in [1.82, 2.24) is 9.55 Å². The van der Waals surface area contributed by atoms with Crippen LogP contribution in [-0.2, 0) is 11.3 Å². The van der Waals surface area contributed by atoms with Crippen LogP contribution in [0.2, 0.25) is 0 Å². The van der Waals surface area contributed by atoms with E-state index in [1.807, 2.05) is 6.20 Å². The van der Waals surface area contributed by atoms with Gasteiger partial charge in [-0.3, -0.25) is 0 Å². The average Bonchev–Trinajstić information content (AvgIpc) is 2.55. The maximum Gasteiger partial charge on any atom is 0.177 e. The van der Waals surface area contributed by atoms with Gasteiger partial charge in [-0.1, -0.05) is 13.8 Å². The fourth-order valence-corrected chi connectivity index (χ4v) is 1.89. The molecule has 1 heterocycles. The summed E-state index contributed by atoms with van der Waals surface area (Å²) < 4.78 is 8.05. The van der Waals surface area contributed by atoms with Gasteiger partial charge in [0, 0.05) is 32.2 Å². The molecule has 1 aromatic heterocycles. The largest absolute Gasteiger partial charge is 0.385 e. The molecule has 0 atom stereocenters. The Morgan fingerprint density at radius 3 is 2.80 bits per heavy atom. The molecule has 0 aliphatic heterocycles. The molecule has 0 aliphatic carbocycles. The number of methoxy groups -OCH3 is 1. The van der Waals surface area contributed by atoms with E-state index in [1.165, 1.54) is 5.69 Å². The summed E-state index contributed by atoms with van der Waals surface area (Å²) in [6.45, 7) is 6.18. The van der Waals surface area contributed by atoms with Crippen LogP contribution < -0.4 is 0 Å².